The first kappa shape index (κ1) is 20.2. The van der Waals surface area contributed by atoms with Crippen LogP contribution in [0.2, 0.25) is 0 Å². The zero-order valence-corrected chi connectivity index (χ0v) is 17.0. The molecule has 5 nitrogen and oxygen atoms in total. The van der Waals surface area contributed by atoms with Crippen LogP contribution in [0.5, 0.6) is 0 Å². The fourth-order valence-corrected chi connectivity index (χ4v) is 3.89. The maximum atomic E-state index is 12.1. The van der Waals surface area contributed by atoms with Crippen LogP contribution in [0.3, 0.4) is 0 Å². The molecule has 0 heterocycles. The lowest BCUT2D eigenvalue weighted by Gasteiger charge is -2.14. The van der Waals surface area contributed by atoms with Crippen LogP contribution in [-0.2, 0) is 4.74 Å². The molecule has 0 saturated heterocycles. The van der Waals surface area contributed by atoms with E-state index in [9.17, 15) is 9.59 Å². The number of carbonyl (C=O) groups excluding carboxylic acids is 1. The first-order valence-corrected chi connectivity index (χ1v) is 9.96. The fraction of sp³-hybridized carbons (Fsp3) is 0.154. The minimum Gasteiger partial charge on any atom is -0.478 e. The van der Waals surface area contributed by atoms with E-state index in [0.29, 0.717) is 11.1 Å². The van der Waals surface area contributed by atoms with Crippen molar-refractivity contribution in [3.05, 3.63) is 94.5 Å². The summed E-state index contributed by atoms with van der Waals surface area (Å²) in [5.74, 6) is 4.83. The van der Waals surface area contributed by atoms with Crippen LogP contribution in [0.4, 0.5) is 4.79 Å². The Hall–Kier alpha value is -4.04. The maximum absolute atomic E-state index is 12.1. The third-order valence-electron chi connectivity index (χ3n) is 5.35. The van der Waals surface area contributed by atoms with Gasteiger partial charge in [0.1, 0.15) is 6.61 Å². The molecule has 0 saturated carbocycles. The summed E-state index contributed by atoms with van der Waals surface area (Å²) < 4.78 is 5.47. The Labute approximate surface area is 180 Å². The van der Waals surface area contributed by atoms with Crippen molar-refractivity contribution in [3.63, 3.8) is 0 Å². The lowest BCUT2D eigenvalue weighted by Crippen LogP contribution is -2.26. The molecule has 1 amide bonds. The van der Waals surface area contributed by atoms with Gasteiger partial charge < -0.3 is 15.2 Å². The lowest BCUT2D eigenvalue weighted by atomic mass is 9.98. The smallest absolute Gasteiger partial charge is 0.407 e. The van der Waals surface area contributed by atoms with Crippen molar-refractivity contribution in [3.8, 4) is 23.0 Å². The Morgan fingerprint density at radius 2 is 1.65 bits per heavy atom. The van der Waals surface area contributed by atoms with Crippen molar-refractivity contribution in [2.24, 2.45) is 0 Å². The van der Waals surface area contributed by atoms with E-state index in [0.717, 1.165) is 11.1 Å². The number of benzene rings is 3. The Kier molecular flexibility index (Phi) is 5.72. The van der Waals surface area contributed by atoms with Crippen molar-refractivity contribution in [2.75, 3.05) is 13.2 Å². The molecular weight excluding hydrogens is 390 g/mol. The second-order valence-electron chi connectivity index (χ2n) is 7.32. The third kappa shape index (κ3) is 4.29. The molecule has 0 bridgehead atoms. The van der Waals surface area contributed by atoms with Crippen molar-refractivity contribution < 1.29 is 19.4 Å². The van der Waals surface area contributed by atoms with E-state index in [1.165, 1.54) is 17.2 Å². The van der Waals surface area contributed by atoms with Gasteiger partial charge in [0.25, 0.3) is 0 Å². The number of alkyl carbamates (subject to hydrolysis) is 1. The highest BCUT2D eigenvalue weighted by Crippen LogP contribution is 2.44. The second-order valence-corrected chi connectivity index (χ2v) is 7.32. The molecule has 0 radical (unpaired) electrons. The average Bonchev–Trinajstić information content (AvgIpc) is 3.09. The number of carbonyl (C=O) groups is 2. The van der Waals surface area contributed by atoms with E-state index >= 15 is 0 Å². The molecule has 0 aliphatic heterocycles. The first-order valence-electron chi connectivity index (χ1n) is 9.96. The Morgan fingerprint density at radius 1 is 1.00 bits per heavy atom. The van der Waals surface area contributed by atoms with Crippen molar-refractivity contribution in [1.82, 2.24) is 5.32 Å². The van der Waals surface area contributed by atoms with Crippen LogP contribution in [0.25, 0.3) is 11.1 Å². The summed E-state index contributed by atoms with van der Waals surface area (Å²) in [6.45, 7) is 2.11. The zero-order valence-electron chi connectivity index (χ0n) is 17.0. The van der Waals surface area contributed by atoms with Gasteiger partial charge in [-0.25, -0.2) is 9.59 Å². The molecule has 1 aliphatic rings. The Bertz CT molecular complexity index is 1170. The number of carboxylic acids is 1. The predicted molar refractivity (Wildman–Crippen MR) is 118 cm³/mol. The van der Waals surface area contributed by atoms with Gasteiger partial charge in [-0.05, 0) is 52.9 Å². The summed E-state index contributed by atoms with van der Waals surface area (Å²) in [6.07, 6.45) is -0.520. The third-order valence-corrected chi connectivity index (χ3v) is 5.35. The SMILES string of the molecule is Cc1cc(C#CCNC(=O)OCC2c3ccccc3-c3ccccc32)ccc1C(=O)O. The minimum absolute atomic E-state index is 0.0139. The molecule has 2 N–H and O–H groups in total. The van der Waals surface area contributed by atoms with Gasteiger partial charge in [0.05, 0.1) is 12.1 Å². The molecule has 154 valence electrons. The number of aromatic carboxylic acids is 1. The molecule has 3 aromatic rings. The molecule has 1 aliphatic carbocycles. The molecule has 31 heavy (non-hydrogen) atoms. The second kappa shape index (κ2) is 8.76. The number of fused-ring (bicyclic) bond motifs is 3. The number of aryl methyl sites for hydroxylation is 1. The highest BCUT2D eigenvalue weighted by atomic mass is 16.5. The highest BCUT2D eigenvalue weighted by molar-refractivity contribution is 5.89. The van der Waals surface area contributed by atoms with Gasteiger partial charge in [0.2, 0.25) is 0 Å². The topological polar surface area (TPSA) is 75.6 Å². The lowest BCUT2D eigenvalue weighted by molar-refractivity contribution is 0.0696. The zero-order chi connectivity index (χ0) is 21.8. The van der Waals surface area contributed by atoms with E-state index < -0.39 is 12.1 Å². The predicted octanol–water partition coefficient (Wildman–Crippen LogP) is 4.58. The Morgan fingerprint density at radius 3 is 2.26 bits per heavy atom. The molecule has 0 spiro atoms. The monoisotopic (exact) mass is 411 g/mol. The molecule has 0 fully saturated rings. The van der Waals surface area contributed by atoms with E-state index in [2.05, 4.69) is 41.4 Å². The number of nitrogens with one attached hydrogen (secondary N) is 1. The quantitative estimate of drug-likeness (QED) is 0.616. The van der Waals surface area contributed by atoms with Gasteiger partial charge in [-0.2, -0.15) is 0 Å². The van der Waals surface area contributed by atoms with Crippen LogP contribution in [0.1, 0.15) is 38.5 Å². The maximum Gasteiger partial charge on any atom is 0.407 e. The summed E-state index contributed by atoms with van der Waals surface area (Å²) >= 11 is 0. The number of hydrogen-bond acceptors (Lipinski definition) is 3. The molecular formula is C26H21NO4. The normalized spacial score (nSPS) is 11.6. The summed E-state index contributed by atoms with van der Waals surface area (Å²) in [7, 11) is 0. The minimum atomic E-state index is -0.964. The van der Waals surface area contributed by atoms with Crippen molar-refractivity contribution in [2.45, 2.75) is 12.8 Å². The van der Waals surface area contributed by atoms with E-state index in [1.807, 2.05) is 24.3 Å². The van der Waals surface area contributed by atoms with E-state index in [4.69, 9.17) is 9.84 Å². The average molecular weight is 411 g/mol. The summed E-state index contributed by atoms with van der Waals surface area (Å²) in [4.78, 5) is 23.2. The number of carboxylic acid groups (broad SMARTS) is 1. The van der Waals surface area contributed by atoms with Gasteiger partial charge in [0, 0.05) is 11.5 Å². The fourth-order valence-electron chi connectivity index (χ4n) is 3.89. The van der Waals surface area contributed by atoms with Gasteiger partial charge in [-0.15, -0.1) is 0 Å². The van der Waals surface area contributed by atoms with Crippen LogP contribution >= 0.6 is 0 Å². The van der Waals surface area contributed by atoms with Gasteiger partial charge in [-0.3, -0.25) is 0 Å². The van der Waals surface area contributed by atoms with E-state index in [-0.39, 0.29) is 24.6 Å². The molecule has 0 unspecified atom stereocenters. The Balaban J connectivity index is 1.34. The molecule has 3 aromatic carbocycles. The van der Waals surface area contributed by atoms with Crippen molar-refractivity contribution >= 4 is 12.1 Å². The largest absolute Gasteiger partial charge is 0.478 e. The van der Waals surface area contributed by atoms with Gasteiger partial charge >= 0.3 is 12.1 Å². The molecule has 0 aromatic heterocycles. The first-order chi connectivity index (χ1) is 15.0. The molecule has 0 atom stereocenters. The number of amides is 1. The summed E-state index contributed by atoms with van der Waals surface area (Å²) in [5.41, 5.74) is 6.28. The van der Waals surface area contributed by atoms with Crippen molar-refractivity contribution in [1.29, 1.82) is 0 Å². The van der Waals surface area contributed by atoms with E-state index in [1.54, 1.807) is 19.1 Å². The number of hydrogen-bond donors (Lipinski definition) is 2. The highest BCUT2D eigenvalue weighted by Gasteiger charge is 2.28. The molecule has 5 heteroatoms. The number of rotatable bonds is 4. The van der Waals surface area contributed by atoms with Gasteiger partial charge in [0.15, 0.2) is 0 Å². The van der Waals surface area contributed by atoms with Crippen LogP contribution in [-0.4, -0.2) is 30.3 Å². The molecule has 4 rings (SSSR count). The summed E-state index contributed by atoms with van der Waals surface area (Å²) in [6, 6.07) is 21.2. The summed E-state index contributed by atoms with van der Waals surface area (Å²) in [5, 5.41) is 11.7. The van der Waals surface area contributed by atoms with Crippen LogP contribution < -0.4 is 5.32 Å². The van der Waals surface area contributed by atoms with Crippen LogP contribution in [0, 0.1) is 18.8 Å². The standard InChI is InChI=1S/C26H21NO4/c1-17-15-18(12-13-19(17)25(28)29)7-6-14-27-26(30)31-16-24-22-10-4-2-8-20(22)21-9-3-5-11-23(21)24/h2-5,8-13,15,24H,14,16H2,1H3,(H,27,30)(H,28,29). The number of ether oxygens (including phenoxy) is 1. The van der Waals surface area contributed by atoms with Crippen LogP contribution in [0.15, 0.2) is 66.7 Å². The van der Waals surface area contributed by atoms with Gasteiger partial charge in [-0.1, -0.05) is 60.4 Å².